The van der Waals surface area contributed by atoms with Crippen molar-refractivity contribution < 1.29 is 9.53 Å². The van der Waals surface area contributed by atoms with E-state index in [1.54, 1.807) is 7.11 Å². The first kappa shape index (κ1) is 14.4. The lowest BCUT2D eigenvalue weighted by atomic mass is 9.95. The zero-order chi connectivity index (χ0) is 13.8. The van der Waals surface area contributed by atoms with Crippen LogP contribution < -0.4 is 0 Å². The van der Waals surface area contributed by atoms with Crippen LogP contribution in [0.5, 0.6) is 0 Å². The molecule has 1 atom stereocenters. The lowest BCUT2D eigenvalue weighted by Gasteiger charge is -2.23. The third-order valence-corrected chi connectivity index (χ3v) is 3.89. The van der Waals surface area contributed by atoms with Crippen LogP contribution >= 0.6 is 11.6 Å². The maximum Gasteiger partial charge on any atom is 0.224 e. The van der Waals surface area contributed by atoms with Gasteiger partial charge in [0, 0.05) is 25.2 Å². The van der Waals surface area contributed by atoms with Gasteiger partial charge in [0.1, 0.15) is 0 Å². The largest absolute Gasteiger partial charge is 0.384 e. The summed E-state index contributed by atoms with van der Waals surface area (Å²) in [5.41, 5.74) is 2.58. The summed E-state index contributed by atoms with van der Waals surface area (Å²) in [6.07, 6.45) is 1.36. The molecule has 0 saturated carbocycles. The van der Waals surface area contributed by atoms with Crippen molar-refractivity contribution in [1.29, 1.82) is 0 Å². The van der Waals surface area contributed by atoms with Crippen LogP contribution in [0, 0.1) is 0 Å². The summed E-state index contributed by atoms with van der Waals surface area (Å²) in [7, 11) is 1.62. The standard InChI is InChI=1S/C15H20ClNO2/c1-11-10-17(15(18)6-8-19-2)7-5-12-3-4-13(16)9-14(11)12/h3-4,9,11H,5-8,10H2,1-2H3. The van der Waals surface area contributed by atoms with Crippen molar-refractivity contribution in [2.24, 2.45) is 0 Å². The fourth-order valence-corrected chi connectivity index (χ4v) is 2.78. The van der Waals surface area contributed by atoms with Gasteiger partial charge in [0.15, 0.2) is 0 Å². The van der Waals surface area contributed by atoms with E-state index in [1.165, 1.54) is 11.1 Å². The van der Waals surface area contributed by atoms with E-state index >= 15 is 0 Å². The van der Waals surface area contributed by atoms with Crippen LogP contribution in [0.4, 0.5) is 0 Å². The number of fused-ring (bicyclic) bond motifs is 1. The molecule has 0 N–H and O–H groups in total. The Labute approximate surface area is 119 Å². The maximum atomic E-state index is 12.1. The summed E-state index contributed by atoms with van der Waals surface area (Å²) >= 11 is 6.07. The molecule has 1 aliphatic rings. The second-order valence-electron chi connectivity index (χ2n) is 5.08. The second-order valence-corrected chi connectivity index (χ2v) is 5.51. The number of benzene rings is 1. The predicted octanol–water partition coefficient (Wildman–Crippen LogP) is 2.86. The molecule has 1 amide bonds. The normalized spacial score (nSPS) is 18.9. The Hall–Kier alpha value is -1.06. The topological polar surface area (TPSA) is 29.5 Å². The van der Waals surface area contributed by atoms with Crippen molar-refractivity contribution in [3.05, 3.63) is 34.3 Å². The van der Waals surface area contributed by atoms with Gasteiger partial charge in [0.25, 0.3) is 0 Å². The Bertz CT molecular complexity index is 461. The molecule has 0 aromatic heterocycles. The first-order valence-electron chi connectivity index (χ1n) is 6.67. The molecule has 1 aromatic carbocycles. The van der Waals surface area contributed by atoms with Crippen LogP contribution in [0.3, 0.4) is 0 Å². The maximum absolute atomic E-state index is 12.1. The monoisotopic (exact) mass is 281 g/mol. The fraction of sp³-hybridized carbons (Fsp3) is 0.533. The van der Waals surface area contributed by atoms with Crippen molar-refractivity contribution in [2.45, 2.75) is 25.7 Å². The zero-order valence-corrected chi connectivity index (χ0v) is 12.2. The summed E-state index contributed by atoms with van der Waals surface area (Å²) in [6, 6.07) is 6.04. The fourth-order valence-electron chi connectivity index (χ4n) is 2.60. The lowest BCUT2D eigenvalue weighted by molar-refractivity contribution is -0.132. The highest BCUT2D eigenvalue weighted by molar-refractivity contribution is 6.30. The van der Waals surface area contributed by atoms with Crippen molar-refractivity contribution in [3.63, 3.8) is 0 Å². The van der Waals surface area contributed by atoms with Gasteiger partial charge < -0.3 is 9.64 Å². The van der Waals surface area contributed by atoms with Gasteiger partial charge >= 0.3 is 0 Å². The summed E-state index contributed by atoms with van der Waals surface area (Å²) in [5.74, 6) is 0.496. The molecule has 0 fully saturated rings. The molecule has 1 unspecified atom stereocenters. The SMILES string of the molecule is COCCC(=O)N1CCc2ccc(Cl)cc2C(C)C1. The van der Waals surface area contributed by atoms with E-state index in [-0.39, 0.29) is 5.91 Å². The Balaban J connectivity index is 2.11. The van der Waals surface area contributed by atoms with E-state index in [1.807, 2.05) is 17.0 Å². The molecule has 1 aliphatic heterocycles. The molecule has 4 heteroatoms. The van der Waals surface area contributed by atoms with Crippen LogP contribution in [-0.2, 0) is 16.0 Å². The van der Waals surface area contributed by atoms with E-state index < -0.39 is 0 Å². The average Bonchev–Trinajstić information content (AvgIpc) is 2.56. The van der Waals surface area contributed by atoms with Crippen LogP contribution in [0.15, 0.2) is 18.2 Å². The van der Waals surface area contributed by atoms with Gasteiger partial charge in [0.2, 0.25) is 5.91 Å². The van der Waals surface area contributed by atoms with Gasteiger partial charge in [-0.3, -0.25) is 4.79 Å². The number of carbonyl (C=O) groups excluding carboxylic acids is 1. The van der Waals surface area contributed by atoms with Gasteiger partial charge in [-0.25, -0.2) is 0 Å². The number of halogens is 1. The van der Waals surface area contributed by atoms with E-state index in [0.29, 0.717) is 18.9 Å². The second kappa shape index (κ2) is 6.40. The Kier molecular flexibility index (Phi) is 4.83. The number of nitrogens with zero attached hydrogens (tertiary/aromatic N) is 1. The number of ether oxygens (including phenoxy) is 1. The van der Waals surface area contributed by atoms with Crippen LogP contribution in [0.1, 0.15) is 30.4 Å². The Morgan fingerprint density at radius 2 is 2.32 bits per heavy atom. The minimum absolute atomic E-state index is 0.174. The molecule has 1 aromatic rings. The van der Waals surface area contributed by atoms with Crippen LogP contribution in [-0.4, -0.2) is 37.6 Å². The minimum atomic E-state index is 0.174. The minimum Gasteiger partial charge on any atom is -0.384 e. The first-order chi connectivity index (χ1) is 9.11. The molecule has 1 heterocycles. The van der Waals surface area contributed by atoms with E-state index in [2.05, 4.69) is 13.0 Å². The van der Waals surface area contributed by atoms with Gasteiger partial charge in [0.05, 0.1) is 13.0 Å². The average molecular weight is 282 g/mol. The zero-order valence-electron chi connectivity index (χ0n) is 11.5. The smallest absolute Gasteiger partial charge is 0.224 e. The van der Waals surface area contributed by atoms with Crippen LogP contribution in [0.25, 0.3) is 0 Å². The summed E-state index contributed by atoms with van der Waals surface area (Å²) in [6.45, 7) is 4.18. The molecule has 0 bridgehead atoms. The van der Waals surface area contributed by atoms with E-state index in [4.69, 9.17) is 16.3 Å². The van der Waals surface area contributed by atoms with E-state index in [0.717, 1.165) is 24.5 Å². The molecular formula is C15H20ClNO2. The van der Waals surface area contributed by atoms with Crippen molar-refractivity contribution >= 4 is 17.5 Å². The van der Waals surface area contributed by atoms with Gasteiger partial charge in [-0.15, -0.1) is 0 Å². The molecule has 0 aliphatic carbocycles. The number of hydrogen-bond donors (Lipinski definition) is 0. The van der Waals surface area contributed by atoms with Gasteiger partial charge in [-0.2, -0.15) is 0 Å². The third-order valence-electron chi connectivity index (χ3n) is 3.66. The molecule has 2 rings (SSSR count). The molecule has 104 valence electrons. The van der Waals surface area contributed by atoms with Crippen LogP contribution in [0.2, 0.25) is 5.02 Å². The van der Waals surface area contributed by atoms with Gasteiger partial charge in [-0.1, -0.05) is 24.6 Å². The summed E-state index contributed by atoms with van der Waals surface area (Å²) < 4.78 is 4.97. The number of hydrogen-bond acceptors (Lipinski definition) is 2. The first-order valence-corrected chi connectivity index (χ1v) is 7.04. The Morgan fingerprint density at radius 1 is 1.53 bits per heavy atom. The number of rotatable bonds is 3. The highest BCUT2D eigenvalue weighted by Gasteiger charge is 2.23. The lowest BCUT2D eigenvalue weighted by Crippen LogP contribution is -2.34. The number of amides is 1. The van der Waals surface area contributed by atoms with Gasteiger partial charge in [-0.05, 0) is 35.6 Å². The number of methoxy groups -OCH3 is 1. The predicted molar refractivity (Wildman–Crippen MR) is 76.6 cm³/mol. The highest BCUT2D eigenvalue weighted by atomic mass is 35.5. The molecule has 0 saturated heterocycles. The van der Waals surface area contributed by atoms with E-state index in [9.17, 15) is 4.79 Å². The summed E-state index contributed by atoms with van der Waals surface area (Å²) in [5, 5.41) is 0.768. The molecule has 0 radical (unpaired) electrons. The Morgan fingerprint density at radius 3 is 3.05 bits per heavy atom. The molecular weight excluding hydrogens is 262 g/mol. The van der Waals surface area contributed by atoms with Crippen molar-refractivity contribution in [3.8, 4) is 0 Å². The highest BCUT2D eigenvalue weighted by Crippen LogP contribution is 2.28. The van der Waals surface area contributed by atoms with Crippen molar-refractivity contribution in [2.75, 3.05) is 26.8 Å². The van der Waals surface area contributed by atoms with Crippen molar-refractivity contribution in [1.82, 2.24) is 4.90 Å². The molecule has 0 spiro atoms. The molecule has 3 nitrogen and oxygen atoms in total. The molecule has 19 heavy (non-hydrogen) atoms. The summed E-state index contributed by atoms with van der Waals surface area (Å²) in [4.78, 5) is 14.0. The quantitative estimate of drug-likeness (QED) is 0.853. The number of carbonyl (C=O) groups is 1. The third kappa shape index (κ3) is 3.48.